The number of aromatic nitrogens is 2. The summed E-state index contributed by atoms with van der Waals surface area (Å²) in [4.78, 5) is 7.21. The molecule has 3 heteroatoms. The molecule has 0 saturated heterocycles. The molecule has 1 atom stereocenters. The van der Waals surface area contributed by atoms with Gasteiger partial charge < -0.3 is 10.7 Å². The summed E-state index contributed by atoms with van der Waals surface area (Å²) in [6, 6.07) is 0.126. The SMILES string of the molecule is CCCC(N)c1cnc(C)[nH]1. The minimum atomic E-state index is 0.126. The molecule has 3 nitrogen and oxygen atoms in total. The predicted molar refractivity (Wildman–Crippen MR) is 45.2 cm³/mol. The molecule has 0 aliphatic heterocycles. The van der Waals surface area contributed by atoms with Gasteiger partial charge in [-0.2, -0.15) is 0 Å². The van der Waals surface area contributed by atoms with Crippen LogP contribution in [0.2, 0.25) is 0 Å². The van der Waals surface area contributed by atoms with Crippen molar-refractivity contribution < 1.29 is 0 Å². The van der Waals surface area contributed by atoms with E-state index in [1.165, 1.54) is 0 Å². The Bertz CT molecular complexity index is 217. The van der Waals surface area contributed by atoms with Crippen molar-refractivity contribution in [2.75, 3.05) is 0 Å². The number of aromatic amines is 1. The van der Waals surface area contributed by atoms with Gasteiger partial charge in [0.15, 0.2) is 0 Å². The molecule has 1 heterocycles. The molecular weight excluding hydrogens is 138 g/mol. The predicted octanol–water partition coefficient (Wildman–Crippen LogP) is 1.52. The first-order valence-electron chi connectivity index (χ1n) is 4.01. The lowest BCUT2D eigenvalue weighted by Crippen LogP contribution is -2.09. The molecule has 0 radical (unpaired) electrons. The third-order valence-electron chi connectivity index (χ3n) is 1.72. The van der Waals surface area contributed by atoms with Crippen molar-refractivity contribution in [1.29, 1.82) is 0 Å². The molecule has 0 fully saturated rings. The summed E-state index contributed by atoms with van der Waals surface area (Å²) in [7, 11) is 0. The minimum absolute atomic E-state index is 0.126. The summed E-state index contributed by atoms with van der Waals surface area (Å²) in [6.45, 7) is 4.06. The average Bonchev–Trinajstić information content (AvgIpc) is 2.36. The molecule has 0 aliphatic rings. The number of nitrogens with one attached hydrogen (secondary N) is 1. The standard InChI is InChI=1S/C8H15N3/c1-3-4-7(9)8-5-10-6(2)11-8/h5,7H,3-4,9H2,1-2H3,(H,10,11). The average molecular weight is 153 g/mol. The molecule has 0 aromatic carbocycles. The fraction of sp³-hybridized carbons (Fsp3) is 0.625. The third-order valence-corrected chi connectivity index (χ3v) is 1.72. The second-order valence-electron chi connectivity index (χ2n) is 2.82. The summed E-state index contributed by atoms with van der Waals surface area (Å²) in [5, 5.41) is 0. The highest BCUT2D eigenvalue weighted by Gasteiger charge is 2.05. The van der Waals surface area contributed by atoms with Crippen LogP contribution in [0.3, 0.4) is 0 Å². The van der Waals surface area contributed by atoms with Gasteiger partial charge >= 0.3 is 0 Å². The van der Waals surface area contributed by atoms with E-state index in [1.807, 2.05) is 13.1 Å². The number of hydrogen-bond donors (Lipinski definition) is 2. The first-order chi connectivity index (χ1) is 5.24. The van der Waals surface area contributed by atoms with Crippen LogP contribution in [0.25, 0.3) is 0 Å². The van der Waals surface area contributed by atoms with E-state index in [0.717, 1.165) is 24.4 Å². The molecule has 0 bridgehead atoms. The van der Waals surface area contributed by atoms with Crippen LogP contribution in [0.1, 0.15) is 37.3 Å². The lowest BCUT2D eigenvalue weighted by atomic mass is 10.1. The van der Waals surface area contributed by atoms with Gasteiger partial charge in [0.1, 0.15) is 5.82 Å². The summed E-state index contributed by atoms with van der Waals surface area (Å²) in [5.74, 6) is 0.937. The topological polar surface area (TPSA) is 54.7 Å². The van der Waals surface area contributed by atoms with E-state index >= 15 is 0 Å². The van der Waals surface area contributed by atoms with Gasteiger partial charge in [-0.05, 0) is 13.3 Å². The van der Waals surface area contributed by atoms with Crippen molar-refractivity contribution in [3.05, 3.63) is 17.7 Å². The van der Waals surface area contributed by atoms with Crippen molar-refractivity contribution in [1.82, 2.24) is 9.97 Å². The number of H-pyrrole nitrogens is 1. The van der Waals surface area contributed by atoms with Gasteiger partial charge in [0.2, 0.25) is 0 Å². The largest absolute Gasteiger partial charge is 0.345 e. The normalized spacial score (nSPS) is 13.4. The Kier molecular flexibility index (Phi) is 2.65. The first kappa shape index (κ1) is 8.27. The zero-order chi connectivity index (χ0) is 8.27. The Balaban J connectivity index is 2.60. The van der Waals surface area contributed by atoms with E-state index in [9.17, 15) is 0 Å². The van der Waals surface area contributed by atoms with Crippen LogP contribution in [0.4, 0.5) is 0 Å². The number of rotatable bonds is 3. The Labute approximate surface area is 67.0 Å². The van der Waals surface area contributed by atoms with Gasteiger partial charge in [-0.15, -0.1) is 0 Å². The van der Waals surface area contributed by atoms with Gasteiger partial charge in [-0.25, -0.2) is 4.98 Å². The van der Waals surface area contributed by atoms with Gasteiger partial charge in [0.05, 0.1) is 5.69 Å². The number of aryl methyl sites for hydroxylation is 1. The molecule has 0 saturated carbocycles. The van der Waals surface area contributed by atoms with Crippen LogP contribution < -0.4 is 5.73 Å². The second kappa shape index (κ2) is 3.53. The molecule has 0 aliphatic carbocycles. The molecule has 1 aromatic rings. The van der Waals surface area contributed by atoms with Crippen LogP contribution in [-0.4, -0.2) is 9.97 Å². The van der Waals surface area contributed by atoms with E-state index in [0.29, 0.717) is 0 Å². The highest BCUT2D eigenvalue weighted by Crippen LogP contribution is 2.12. The Morgan fingerprint density at radius 3 is 2.91 bits per heavy atom. The summed E-state index contributed by atoms with van der Waals surface area (Å²) in [6.07, 6.45) is 3.94. The molecule has 1 rings (SSSR count). The molecule has 62 valence electrons. The fourth-order valence-electron chi connectivity index (χ4n) is 1.09. The van der Waals surface area contributed by atoms with E-state index < -0.39 is 0 Å². The highest BCUT2D eigenvalue weighted by atomic mass is 14.9. The van der Waals surface area contributed by atoms with E-state index in [2.05, 4.69) is 16.9 Å². The maximum atomic E-state index is 5.85. The molecule has 1 aromatic heterocycles. The van der Waals surface area contributed by atoms with E-state index in [4.69, 9.17) is 5.73 Å². The third kappa shape index (κ3) is 2.05. The lowest BCUT2D eigenvalue weighted by Gasteiger charge is -2.05. The second-order valence-corrected chi connectivity index (χ2v) is 2.82. The Hall–Kier alpha value is -0.830. The smallest absolute Gasteiger partial charge is 0.103 e. The molecule has 1 unspecified atom stereocenters. The zero-order valence-corrected chi connectivity index (χ0v) is 7.09. The van der Waals surface area contributed by atoms with Gasteiger partial charge in [0.25, 0.3) is 0 Å². The zero-order valence-electron chi connectivity index (χ0n) is 7.09. The Morgan fingerprint density at radius 2 is 2.45 bits per heavy atom. The molecular formula is C8H15N3. The van der Waals surface area contributed by atoms with Crippen LogP contribution in [0, 0.1) is 6.92 Å². The van der Waals surface area contributed by atoms with Crippen molar-refractivity contribution in [3.63, 3.8) is 0 Å². The molecule has 11 heavy (non-hydrogen) atoms. The van der Waals surface area contributed by atoms with Crippen LogP contribution >= 0.6 is 0 Å². The summed E-state index contributed by atoms with van der Waals surface area (Å²) >= 11 is 0. The van der Waals surface area contributed by atoms with Gasteiger partial charge in [-0.3, -0.25) is 0 Å². The molecule has 0 amide bonds. The van der Waals surface area contributed by atoms with Gasteiger partial charge in [-0.1, -0.05) is 13.3 Å². The Morgan fingerprint density at radius 1 is 1.73 bits per heavy atom. The van der Waals surface area contributed by atoms with Crippen molar-refractivity contribution in [2.24, 2.45) is 5.73 Å². The summed E-state index contributed by atoms with van der Waals surface area (Å²) in [5.41, 5.74) is 6.89. The van der Waals surface area contributed by atoms with Crippen LogP contribution in [0.5, 0.6) is 0 Å². The van der Waals surface area contributed by atoms with Crippen molar-refractivity contribution in [2.45, 2.75) is 32.7 Å². The van der Waals surface area contributed by atoms with Crippen LogP contribution in [-0.2, 0) is 0 Å². The van der Waals surface area contributed by atoms with E-state index in [-0.39, 0.29) is 6.04 Å². The van der Waals surface area contributed by atoms with Gasteiger partial charge in [0, 0.05) is 12.2 Å². The van der Waals surface area contributed by atoms with Crippen molar-refractivity contribution in [3.8, 4) is 0 Å². The number of imidazole rings is 1. The van der Waals surface area contributed by atoms with Crippen molar-refractivity contribution >= 4 is 0 Å². The monoisotopic (exact) mass is 153 g/mol. The number of hydrogen-bond acceptors (Lipinski definition) is 2. The maximum Gasteiger partial charge on any atom is 0.103 e. The first-order valence-corrected chi connectivity index (χ1v) is 4.01. The molecule has 3 N–H and O–H groups in total. The number of nitrogens with two attached hydrogens (primary N) is 1. The van der Waals surface area contributed by atoms with Crippen LogP contribution in [0.15, 0.2) is 6.20 Å². The molecule has 0 spiro atoms. The lowest BCUT2D eigenvalue weighted by molar-refractivity contribution is 0.624. The number of nitrogens with zero attached hydrogens (tertiary/aromatic N) is 1. The summed E-state index contributed by atoms with van der Waals surface area (Å²) < 4.78 is 0. The van der Waals surface area contributed by atoms with E-state index in [1.54, 1.807) is 0 Å². The highest BCUT2D eigenvalue weighted by molar-refractivity contribution is 5.04. The quantitative estimate of drug-likeness (QED) is 0.691. The fourth-order valence-corrected chi connectivity index (χ4v) is 1.09. The minimum Gasteiger partial charge on any atom is -0.345 e. The maximum absolute atomic E-state index is 5.85.